The smallest absolute Gasteiger partial charge is 0.139 e. The third-order valence-electron chi connectivity index (χ3n) is 3.23. The van der Waals surface area contributed by atoms with Crippen molar-refractivity contribution in [2.45, 2.75) is 39.3 Å². The molecule has 0 atom stereocenters. The van der Waals surface area contributed by atoms with Crippen LogP contribution in [0, 0.1) is 6.92 Å². The van der Waals surface area contributed by atoms with Gasteiger partial charge < -0.3 is 10.5 Å². The predicted molar refractivity (Wildman–Crippen MR) is 83.1 cm³/mol. The molecule has 7 heteroatoms. The van der Waals surface area contributed by atoms with Gasteiger partial charge in [0.1, 0.15) is 12.4 Å². The summed E-state index contributed by atoms with van der Waals surface area (Å²) in [5, 5.41) is 11.2. The van der Waals surface area contributed by atoms with Gasteiger partial charge in [-0.2, -0.15) is 10.2 Å². The maximum atomic E-state index is 6.09. The standard InChI is InChI=1S/C13H23N5OSi/c1-10-12(14)13(11-7-15-16-8-11)17-18(10)9-19-5-6-20(2,3)4/h7-8H,5-6,9,14H2,1-4H3,(H,15,16). The van der Waals surface area contributed by atoms with Crippen LogP contribution < -0.4 is 5.73 Å². The van der Waals surface area contributed by atoms with Gasteiger partial charge in [-0.05, 0) is 13.0 Å². The Hall–Kier alpha value is -1.60. The number of rotatable bonds is 6. The summed E-state index contributed by atoms with van der Waals surface area (Å²) in [7, 11) is -1.05. The summed E-state index contributed by atoms with van der Waals surface area (Å²) < 4.78 is 7.53. The average Bonchev–Trinajstić information content (AvgIpc) is 2.96. The lowest BCUT2D eigenvalue weighted by atomic mass is 10.2. The Kier molecular flexibility index (Phi) is 4.29. The SMILES string of the molecule is Cc1c(N)c(-c2cn[nH]c2)nn1COCC[Si](C)(C)C. The molecule has 0 fully saturated rings. The van der Waals surface area contributed by atoms with Crippen molar-refractivity contribution in [3.63, 3.8) is 0 Å². The van der Waals surface area contributed by atoms with Gasteiger partial charge in [0.25, 0.3) is 0 Å². The van der Waals surface area contributed by atoms with Crippen molar-refractivity contribution in [2.24, 2.45) is 0 Å². The van der Waals surface area contributed by atoms with Crippen molar-refractivity contribution in [3.8, 4) is 11.3 Å². The van der Waals surface area contributed by atoms with Crippen molar-refractivity contribution in [1.29, 1.82) is 0 Å². The van der Waals surface area contributed by atoms with E-state index in [1.807, 2.05) is 11.6 Å². The molecule has 20 heavy (non-hydrogen) atoms. The fourth-order valence-corrected chi connectivity index (χ4v) is 2.57. The highest BCUT2D eigenvalue weighted by atomic mass is 28.3. The molecule has 6 nitrogen and oxygen atoms in total. The summed E-state index contributed by atoms with van der Waals surface area (Å²) in [6, 6.07) is 1.15. The Labute approximate surface area is 120 Å². The summed E-state index contributed by atoms with van der Waals surface area (Å²) in [5.41, 5.74) is 9.35. The largest absolute Gasteiger partial charge is 0.395 e. The van der Waals surface area contributed by atoms with Crippen LogP contribution in [0.3, 0.4) is 0 Å². The van der Waals surface area contributed by atoms with Crippen molar-refractivity contribution in [2.75, 3.05) is 12.3 Å². The Morgan fingerprint density at radius 1 is 1.40 bits per heavy atom. The number of ether oxygens (including phenoxy) is 1. The molecule has 0 aliphatic heterocycles. The van der Waals surface area contributed by atoms with E-state index in [1.165, 1.54) is 0 Å². The highest BCUT2D eigenvalue weighted by molar-refractivity contribution is 6.76. The molecule has 0 radical (unpaired) electrons. The van der Waals surface area contributed by atoms with E-state index in [4.69, 9.17) is 10.5 Å². The first kappa shape index (κ1) is 14.8. The van der Waals surface area contributed by atoms with E-state index >= 15 is 0 Å². The molecule has 2 aromatic heterocycles. The van der Waals surface area contributed by atoms with Gasteiger partial charge in [0.05, 0.1) is 17.6 Å². The summed E-state index contributed by atoms with van der Waals surface area (Å²) in [6.07, 6.45) is 3.50. The minimum Gasteiger partial charge on any atom is -0.395 e. The number of nitrogens with one attached hydrogen (secondary N) is 1. The van der Waals surface area contributed by atoms with Crippen LogP contribution in [-0.4, -0.2) is 34.7 Å². The van der Waals surface area contributed by atoms with E-state index in [-0.39, 0.29) is 0 Å². The molecule has 3 N–H and O–H groups in total. The van der Waals surface area contributed by atoms with Gasteiger partial charge in [0, 0.05) is 26.4 Å². The zero-order chi connectivity index (χ0) is 14.8. The van der Waals surface area contributed by atoms with Crippen LogP contribution in [0.1, 0.15) is 5.69 Å². The number of aromatic nitrogens is 4. The molecule has 2 aromatic rings. The zero-order valence-electron chi connectivity index (χ0n) is 12.6. The quantitative estimate of drug-likeness (QED) is 0.633. The topological polar surface area (TPSA) is 81.8 Å². The molecule has 0 unspecified atom stereocenters. The molecule has 0 aromatic carbocycles. The number of anilines is 1. The minimum absolute atomic E-state index is 0.443. The second-order valence-corrected chi connectivity index (χ2v) is 11.8. The van der Waals surface area contributed by atoms with Crippen LogP contribution in [-0.2, 0) is 11.5 Å². The molecule has 2 heterocycles. The lowest BCUT2D eigenvalue weighted by molar-refractivity contribution is 0.0773. The van der Waals surface area contributed by atoms with Gasteiger partial charge in [0.2, 0.25) is 0 Å². The van der Waals surface area contributed by atoms with Crippen LogP contribution in [0.25, 0.3) is 11.3 Å². The molecule has 2 rings (SSSR count). The van der Waals surface area contributed by atoms with E-state index in [2.05, 4.69) is 34.9 Å². The first-order chi connectivity index (χ1) is 9.38. The fourth-order valence-electron chi connectivity index (χ4n) is 1.81. The summed E-state index contributed by atoms with van der Waals surface area (Å²) in [4.78, 5) is 0. The Balaban J connectivity index is 2.01. The highest BCUT2D eigenvalue weighted by Crippen LogP contribution is 2.26. The van der Waals surface area contributed by atoms with Gasteiger partial charge in [-0.1, -0.05) is 19.6 Å². The Morgan fingerprint density at radius 3 is 2.75 bits per heavy atom. The van der Waals surface area contributed by atoms with Gasteiger partial charge in [0.15, 0.2) is 0 Å². The second kappa shape index (κ2) is 5.80. The molecule has 0 spiro atoms. The fraction of sp³-hybridized carbons (Fsp3) is 0.538. The lowest BCUT2D eigenvalue weighted by Gasteiger charge is -2.15. The molecule has 0 saturated heterocycles. The Morgan fingerprint density at radius 2 is 2.15 bits per heavy atom. The predicted octanol–water partition coefficient (Wildman–Crippen LogP) is 2.48. The van der Waals surface area contributed by atoms with Gasteiger partial charge >= 0.3 is 0 Å². The van der Waals surface area contributed by atoms with Crippen molar-refractivity contribution in [3.05, 3.63) is 18.1 Å². The maximum absolute atomic E-state index is 6.09. The lowest BCUT2D eigenvalue weighted by Crippen LogP contribution is -2.22. The van der Waals surface area contributed by atoms with Crippen LogP contribution in [0.2, 0.25) is 25.7 Å². The van der Waals surface area contributed by atoms with Crippen LogP contribution >= 0.6 is 0 Å². The van der Waals surface area contributed by atoms with E-state index in [0.29, 0.717) is 12.4 Å². The summed E-state index contributed by atoms with van der Waals surface area (Å²) >= 11 is 0. The number of nitrogen functional groups attached to an aromatic ring is 1. The van der Waals surface area contributed by atoms with Crippen molar-refractivity contribution in [1.82, 2.24) is 20.0 Å². The highest BCUT2D eigenvalue weighted by Gasteiger charge is 2.15. The summed E-state index contributed by atoms with van der Waals surface area (Å²) in [5.74, 6) is 0. The number of nitrogens with two attached hydrogens (primary N) is 1. The average molecular weight is 293 g/mol. The number of aromatic amines is 1. The Bertz CT molecular complexity index is 556. The number of H-pyrrole nitrogens is 1. The minimum atomic E-state index is -1.05. The number of hydrogen-bond donors (Lipinski definition) is 2. The van der Waals surface area contributed by atoms with Gasteiger partial charge in [-0.15, -0.1) is 0 Å². The van der Waals surface area contributed by atoms with Crippen molar-refractivity contribution < 1.29 is 4.74 Å². The molecule has 110 valence electrons. The zero-order valence-corrected chi connectivity index (χ0v) is 13.6. The number of hydrogen-bond acceptors (Lipinski definition) is 4. The first-order valence-corrected chi connectivity index (χ1v) is 10.5. The molecular formula is C13H23N5OSi. The molecule has 0 bridgehead atoms. The van der Waals surface area contributed by atoms with E-state index < -0.39 is 8.07 Å². The molecule has 0 amide bonds. The number of nitrogens with zero attached hydrogens (tertiary/aromatic N) is 3. The van der Waals surface area contributed by atoms with Gasteiger partial charge in [-0.3, -0.25) is 5.10 Å². The first-order valence-electron chi connectivity index (χ1n) is 6.78. The molecule has 0 aliphatic carbocycles. The monoisotopic (exact) mass is 293 g/mol. The van der Waals surface area contributed by atoms with E-state index in [1.54, 1.807) is 12.4 Å². The van der Waals surface area contributed by atoms with Crippen LogP contribution in [0.4, 0.5) is 5.69 Å². The third kappa shape index (κ3) is 3.49. The van der Waals surface area contributed by atoms with E-state index in [9.17, 15) is 0 Å². The third-order valence-corrected chi connectivity index (χ3v) is 4.94. The van der Waals surface area contributed by atoms with E-state index in [0.717, 1.165) is 29.6 Å². The molecule has 0 saturated carbocycles. The molecule has 0 aliphatic rings. The van der Waals surface area contributed by atoms with Crippen LogP contribution in [0.5, 0.6) is 0 Å². The molecular weight excluding hydrogens is 270 g/mol. The normalized spacial score (nSPS) is 12.0. The summed E-state index contributed by atoms with van der Waals surface area (Å²) in [6.45, 7) is 10.2. The maximum Gasteiger partial charge on any atom is 0.139 e. The van der Waals surface area contributed by atoms with Gasteiger partial charge in [-0.25, -0.2) is 4.68 Å². The van der Waals surface area contributed by atoms with Crippen molar-refractivity contribution >= 4 is 13.8 Å². The van der Waals surface area contributed by atoms with Crippen LogP contribution in [0.15, 0.2) is 12.4 Å². The second-order valence-electron chi connectivity index (χ2n) is 6.18.